The summed E-state index contributed by atoms with van der Waals surface area (Å²) in [5.41, 5.74) is 1.80. The van der Waals surface area contributed by atoms with E-state index in [1.165, 1.54) is 0 Å². The zero-order valence-corrected chi connectivity index (χ0v) is 9.66. The van der Waals surface area contributed by atoms with Gasteiger partial charge in [-0.15, -0.1) is 0 Å². The molecule has 0 fully saturated rings. The maximum absolute atomic E-state index is 10.6. The Balaban J connectivity index is 3.11. The first kappa shape index (κ1) is 11.7. The van der Waals surface area contributed by atoms with Gasteiger partial charge in [-0.25, -0.2) is 4.98 Å². The summed E-state index contributed by atoms with van der Waals surface area (Å²) in [6.45, 7) is 8.18. The van der Waals surface area contributed by atoms with E-state index in [4.69, 9.17) is 0 Å². The fourth-order valence-electron chi connectivity index (χ4n) is 1.65. The molecule has 3 heteroatoms. The summed E-state index contributed by atoms with van der Waals surface area (Å²) in [6, 6.07) is 1.92. The Morgan fingerprint density at radius 1 is 1.33 bits per heavy atom. The molecule has 0 spiro atoms. The Bertz CT molecular complexity index is 332. The van der Waals surface area contributed by atoms with Gasteiger partial charge in [0.25, 0.3) is 0 Å². The normalized spacial score (nSPS) is 10.1. The first-order valence-electron chi connectivity index (χ1n) is 5.45. The molecule has 82 valence electrons. The van der Waals surface area contributed by atoms with E-state index < -0.39 is 0 Å². The predicted molar refractivity (Wildman–Crippen MR) is 62.6 cm³/mol. The largest absolute Gasteiger partial charge is 0.357 e. The van der Waals surface area contributed by atoms with E-state index in [2.05, 4.69) is 30.7 Å². The number of pyridine rings is 1. The number of aryl methyl sites for hydroxylation is 1. The van der Waals surface area contributed by atoms with E-state index in [0.717, 1.165) is 37.2 Å². The molecule has 0 unspecified atom stereocenters. The number of carbonyl (C=O) groups is 1. The highest BCUT2D eigenvalue weighted by Gasteiger charge is 2.09. The van der Waals surface area contributed by atoms with E-state index in [1.54, 1.807) is 6.20 Å². The van der Waals surface area contributed by atoms with Crippen molar-refractivity contribution in [1.82, 2.24) is 4.98 Å². The van der Waals surface area contributed by atoms with Gasteiger partial charge in [0.1, 0.15) is 5.82 Å². The lowest BCUT2D eigenvalue weighted by Crippen LogP contribution is -2.24. The minimum atomic E-state index is 0.655. The molecule has 15 heavy (non-hydrogen) atoms. The van der Waals surface area contributed by atoms with Crippen LogP contribution in [0.1, 0.15) is 36.7 Å². The molecule has 0 amide bonds. The van der Waals surface area contributed by atoms with Crippen molar-refractivity contribution < 1.29 is 4.79 Å². The highest BCUT2D eigenvalue weighted by Crippen LogP contribution is 2.18. The van der Waals surface area contributed by atoms with Crippen molar-refractivity contribution in [1.29, 1.82) is 0 Å². The first-order chi connectivity index (χ1) is 7.26. The van der Waals surface area contributed by atoms with Crippen LogP contribution in [0.25, 0.3) is 0 Å². The van der Waals surface area contributed by atoms with Crippen molar-refractivity contribution in [3.8, 4) is 0 Å². The maximum atomic E-state index is 10.6. The number of rotatable bonds is 5. The minimum absolute atomic E-state index is 0.655. The highest BCUT2D eigenvalue weighted by atomic mass is 16.1. The molecule has 0 saturated carbocycles. The molecule has 3 nitrogen and oxygen atoms in total. The van der Waals surface area contributed by atoms with Crippen LogP contribution in [0.5, 0.6) is 0 Å². The monoisotopic (exact) mass is 206 g/mol. The van der Waals surface area contributed by atoms with Gasteiger partial charge < -0.3 is 4.90 Å². The summed E-state index contributed by atoms with van der Waals surface area (Å²) in [5.74, 6) is 1.01. The van der Waals surface area contributed by atoms with Crippen molar-refractivity contribution in [2.45, 2.75) is 27.2 Å². The van der Waals surface area contributed by atoms with Crippen molar-refractivity contribution in [2.24, 2.45) is 0 Å². The van der Waals surface area contributed by atoms with Gasteiger partial charge in [-0.1, -0.05) is 6.92 Å². The zero-order chi connectivity index (χ0) is 11.3. The Labute approximate surface area is 91.1 Å². The Morgan fingerprint density at radius 3 is 2.47 bits per heavy atom. The summed E-state index contributed by atoms with van der Waals surface area (Å²) in [5, 5.41) is 0. The molecule has 0 aliphatic heterocycles. The molecule has 0 radical (unpaired) electrons. The van der Waals surface area contributed by atoms with E-state index >= 15 is 0 Å². The third kappa shape index (κ3) is 2.55. The van der Waals surface area contributed by atoms with Crippen LogP contribution in [0.2, 0.25) is 0 Å². The van der Waals surface area contributed by atoms with Gasteiger partial charge in [-0.3, -0.25) is 4.79 Å². The third-order valence-electron chi connectivity index (χ3n) is 2.54. The third-order valence-corrected chi connectivity index (χ3v) is 2.54. The van der Waals surface area contributed by atoms with E-state index in [-0.39, 0.29) is 0 Å². The molecule has 1 heterocycles. The molecule has 0 aromatic carbocycles. The standard InChI is InChI=1S/C12H18N2O/c1-4-11-7-10(9-15)8-13-12(11)14(5-2)6-3/h7-9H,4-6H2,1-3H3. The van der Waals surface area contributed by atoms with E-state index in [9.17, 15) is 4.79 Å². The molecular weight excluding hydrogens is 188 g/mol. The van der Waals surface area contributed by atoms with Crippen LogP contribution < -0.4 is 4.90 Å². The lowest BCUT2D eigenvalue weighted by Gasteiger charge is -2.22. The topological polar surface area (TPSA) is 33.2 Å². The van der Waals surface area contributed by atoms with Crippen LogP contribution in [0.15, 0.2) is 12.3 Å². The molecule has 1 rings (SSSR count). The van der Waals surface area contributed by atoms with Crippen molar-refractivity contribution in [3.63, 3.8) is 0 Å². The SMILES string of the molecule is CCc1cc(C=O)cnc1N(CC)CC. The maximum Gasteiger partial charge on any atom is 0.151 e. The van der Waals surface area contributed by atoms with E-state index in [1.807, 2.05) is 6.07 Å². The summed E-state index contributed by atoms with van der Waals surface area (Å²) >= 11 is 0. The van der Waals surface area contributed by atoms with Crippen molar-refractivity contribution in [2.75, 3.05) is 18.0 Å². The number of nitrogens with zero attached hydrogens (tertiary/aromatic N) is 2. The average Bonchev–Trinajstić information content (AvgIpc) is 2.31. The second-order valence-electron chi connectivity index (χ2n) is 3.40. The number of hydrogen-bond acceptors (Lipinski definition) is 3. The minimum Gasteiger partial charge on any atom is -0.357 e. The first-order valence-corrected chi connectivity index (χ1v) is 5.45. The second kappa shape index (κ2) is 5.49. The lowest BCUT2D eigenvalue weighted by molar-refractivity contribution is 0.112. The number of aromatic nitrogens is 1. The zero-order valence-electron chi connectivity index (χ0n) is 9.66. The molecule has 1 aromatic heterocycles. The number of aldehydes is 1. The summed E-state index contributed by atoms with van der Waals surface area (Å²) in [7, 11) is 0. The second-order valence-corrected chi connectivity index (χ2v) is 3.40. The molecule has 0 saturated heterocycles. The predicted octanol–water partition coefficient (Wildman–Crippen LogP) is 2.30. The molecular formula is C12H18N2O. The van der Waals surface area contributed by atoms with Gasteiger partial charge in [0, 0.05) is 24.8 Å². The van der Waals surface area contributed by atoms with Gasteiger partial charge in [0.2, 0.25) is 0 Å². The van der Waals surface area contributed by atoms with Crippen LogP contribution in [0.4, 0.5) is 5.82 Å². The van der Waals surface area contributed by atoms with Crippen LogP contribution in [-0.2, 0) is 6.42 Å². The van der Waals surface area contributed by atoms with Gasteiger partial charge in [0.15, 0.2) is 6.29 Å². The summed E-state index contributed by atoms with van der Waals surface area (Å²) < 4.78 is 0. The van der Waals surface area contributed by atoms with Crippen LogP contribution in [0, 0.1) is 0 Å². The lowest BCUT2D eigenvalue weighted by atomic mass is 10.1. The van der Waals surface area contributed by atoms with E-state index in [0.29, 0.717) is 5.56 Å². The molecule has 1 aromatic rings. The number of anilines is 1. The fourth-order valence-corrected chi connectivity index (χ4v) is 1.65. The molecule has 0 aliphatic carbocycles. The van der Waals surface area contributed by atoms with Gasteiger partial charge in [-0.2, -0.15) is 0 Å². The Hall–Kier alpha value is -1.38. The van der Waals surface area contributed by atoms with Gasteiger partial charge in [-0.05, 0) is 31.9 Å². The quantitative estimate of drug-likeness (QED) is 0.693. The smallest absolute Gasteiger partial charge is 0.151 e. The van der Waals surface area contributed by atoms with Crippen LogP contribution in [0.3, 0.4) is 0 Å². The molecule has 0 atom stereocenters. The summed E-state index contributed by atoms with van der Waals surface area (Å²) in [4.78, 5) is 17.2. The highest BCUT2D eigenvalue weighted by molar-refractivity contribution is 5.75. The Kier molecular flexibility index (Phi) is 4.28. The molecule has 0 N–H and O–H groups in total. The van der Waals surface area contributed by atoms with Crippen molar-refractivity contribution >= 4 is 12.1 Å². The molecule has 0 bridgehead atoms. The number of carbonyl (C=O) groups excluding carboxylic acids is 1. The summed E-state index contributed by atoms with van der Waals surface area (Å²) in [6.07, 6.45) is 3.39. The van der Waals surface area contributed by atoms with Crippen LogP contribution >= 0.6 is 0 Å². The van der Waals surface area contributed by atoms with Crippen LogP contribution in [-0.4, -0.2) is 24.4 Å². The average molecular weight is 206 g/mol. The Morgan fingerprint density at radius 2 is 2.00 bits per heavy atom. The molecule has 0 aliphatic rings. The van der Waals surface area contributed by atoms with Crippen molar-refractivity contribution in [3.05, 3.63) is 23.4 Å². The fraction of sp³-hybridized carbons (Fsp3) is 0.500. The number of hydrogen-bond donors (Lipinski definition) is 0. The van der Waals surface area contributed by atoms with Gasteiger partial charge >= 0.3 is 0 Å². The van der Waals surface area contributed by atoms with Gasteiger partial charge in [0.05, 0.1) is 0 Å².